The quantitative estimate of drug-likeness (QED) is 0.621. The number of rotatable bonds is 0. The highest BCUT2D eigenvalue weighted by atomic mass is 32.2. The van der Waals surface area contributed by atoms with Gasteiger partial charge in [-0.1, -0.05) is 29.1 Å². The molecule has 0 atom stereocenters. The first-order valence-electron chi connectivity index (χ1n) is 4.72. The van der Waals surface area contributed by atoms with Crippen molar-refractivity contribution in [2.24, 2.45) is 0 Å². The van der Waals surface area contributed by atoms with E-state index in [0.29, 0.717) is 0 Å². The van der Waals surface area contributed by atoms with Crippen LogP contribution in [0, 0.1) is 13.8 Å². The maximum absolute atomic E-state index is 2.30. The van der Waals surface area contributed by atoms with Crippen molar-refractivity contribution in [3.63, 3.8) is 0 Å². The van der Waals surface area contributed by atoms with E-state index in [9.17, 15) is 0 Å². The fourth-order valence-corrected chi connectivity index (χ4v) is 3.90. The van der Waals surface area contributed by atoms with Gasteiger partial charge in [0.2, 0.25) is 0 Å². The summed E-state index contributed by atoms with van der Waals surface area (Å²) < 4.78 is 1.45. The zero-order valence-corrected chi connectivity index (χ0v) is 10.6. The predicted molar refractivity (Wildman–Crippen MR) is 66.0 cm³/mol. The molecular weight excluding hydrogens is 208 g/mol. The third kappa shape index (κ3) is 1.73. The second-order valence-corrected chi connectivity index (χ2v) is 6.24. The van der Waals surface area contributed by atoms with E-state index in [0.717, 1.165) is 0 Å². The highest BCUT2D eigenvalue weighted by Gasteiger charge is 2.18. The molecule has 1 aliphatic heterocycles. The van der Waals surface area contributed by atoms with Crippen LogP contribution in [0.4, 0.5) is 0 Å². The van der Waals surface area contributed by atoms with Crippen LogP contribution in [-0.2, 0) is 0 Å². The average molecular weight is 222 g/mol. The molecule has 2 heteroatoms. The number of fused-ring (bicyclic) bond motifs is 1. The van der Waals surface area contributed by atoms with Crippen molar-refractivity contribution < 1.29 is 0 Å². The van der Waals surface area contributed by atoms with Crippen molar-refractivity contribution in [1.29, 1.82) is 0 Å². The number of aryl methyl sites for hydroxylation is 2. The van der Waals surface area contributed by atoms with Crippen LogP contribution in [0.2, 0.25) is 0 Å². The van der Waals surface area contributed by atoms with E-state index in [-0.39, 0.29) is 0 Å². The van der Waals surface area contributed by atoms with E-state index in [2.05, 4.69) is 39.8 Å². The molecule has 0 aliphatic carbocycles. The standard InChI is InChI=1S/C12H14S2/c1-7(2)12-13-10-5-8(3)9(4)6-11(10)14-12/h5-6H,1-4H3. The summed E-state index contributed by atoms with van der Waals surface area (Å²) in [6, 6.07) is 4.61. The lowest BCUT2D eigenvalue weighted by Crippen LogP contribution is -1.81. The minimum atomic E-state index is 1.40. The molecule has 1 heterocycles. The number of allylic oxidation sites excluding steroid dienone is 1. The third-order valence-corrected chi connectivity index (χ3v) is 5.31. The Bertz CT molecular complexity index is 380. The molecule has 0 bridgehead atoms. The predicted octanol–water partition coefficient (Wildman–Crippen LogP) is 4.75. The van der Waals surface area contributed by atoms with E-state index in [1.165, 1.54) is 30.7 Å². The second kappa shape index (κ2) is 3.67. The summed E-state index contributed by atoms with van der Waals surface area (Å²) in [5.74, 6) is 0. The van der Waals surface area contributed by atoms with Crippen molar-refractivity contribution >= 4 is 23.5 Å². The van der Waals surface area contributed by atoms with Crippen LogP contribution in [0.5, 0.6) is 0 Å². The molecule has 0 nitrogen and oxygen atoms in total. The van der Waals surface area contributed by atoms with Gasteiger partial charge in [0, 0.05) is 14.0 Å². The highest BCUT2D eigenvalue weighted by Crippen LogP contribution is 2.52. The van der Waals surface area contributed by atoms with Crippen LogP contribution in [0.1, 0.15) is 25.0 Å². The lowest BCUT2D eigenvalue weighted by molar-refractivity contribution is 1.18. The largest absolute Gasteiger partial charge is 0.0816 e. The average Bonchev–Trinajstić information content (AvgIpc) is 2.48. The van der Waals surface area contributed by atoms with E-state index >= 15 is 0 Å². The van der Waals surface area contributed by atoms with E-state index < -0.39 is 0 Å². The van der Waals surface area contributed by atoms with Gasteiger partial charge in [-0.05, 0) is 51.0 Å². The van der Waals surface area contributed by atoms with Crippen LogP contribution < -0.4 is 0 Å². The molecule has 0 spiro atoms. The summed E-state index contributed by atoms with van der Waals surface area (Å²) in [4.78, 5) is 2.85. The monoisotopic (exact) mass is 222 g/mol. The lowest BCUT2D eigenvalue weighted by atomic mass is 10.1. The van der Waals surface area contributed by atoms with Gasteiger partial charge in [-0.3, -0.25) is 0 Å². The highest BCUT2D eigenvalue weighted by molar-refractivity contribution is 8.24. The SMILES string of the molecule is CC(C)=C1Sc2cc(C)c(C)cc2S1. The van der Waals surface area contributed by atoms with Crippen molar-refractivity contribution in [2.45, 2.75) is 37.5 Å². The fraction of sp³-hybridized carbons (Fsp3) is 0.333. The molecule has 0 aromatic heterocycles. The molecule has 0 unspecified atom stereocenters. The Kier molecular flexibility index (Phi) is 2.67. The Morgan fingerprint density at radius 2 is 1.36 bits per heavy atom. The fourth-order valence-electron chi connectivity index (χ4n) is 1.35. The van der Waals surface area contributed by atoms with Gasteiger partial charge in [0.05, 0.1) is 0 Å². The van der Waals surface area contributed by atoms with Crippen molar-refractivity contribution in [1.82, 2.24) is 0 Å². The van der Waals surface area contributed by atoms with Crippen LogP contribution >= 0.6 is 23.5 Å². The lowest BCUT2D eigenvalue weighted by Gasteiger charge is -2.01. The van der Waals surface area contributed by atoms with Gasteiger partial charge in [0.15, 0.2) is 0 Å². The molecular formula is C12H14S2. The number of thioether (sulfide) groups is 2. The molecule has 0 amide bonds. The molecule has 1 aromatic carbocycles. The Morgan fingerprint density at radius 3 is 1.71 bits per heavy atom. The van der Waals surface area contributed by atoms with E-state index in [1.54, 1.807) is 0 Å². The Hall–Kier alpha value is -0.340. The van der Waals surface area contributed by atoms with E-state index in [4.69, 9.17) is 0 Å². The van der Waals surface area contributed by atoms with Gasteiger partial charge >= 0.3 is 0 Å². The van der Waals surface area contributed by atoms with Crippen molar-refractivity contribution in [2.75, 3.05) is 0 Å². The molecule has 2 rings (SSSR count). The minimum absolute atomic E-state index is 1.40. The third-order valence-electron chi connectivity index (χ3n) is 2.37. The van der Waals surface area contributed by atoms with Crippen LogP contribution in [0.25, 0.3) is 0 Å². The molecule has 0 N–H and O–H groups in total. The van der Waals surface area contributed by atoms with Crippen molar-refractivity contribution in [3.8, 4) is 0 Å². The van der Waals surface area contributed by atoms with Gasteiger partial charge in [-0.15, -0.1) is 0 Å². The minimum Gasteiger partial charge on any atom is -0.0816 e. The topological polar surface area (TPSA) is 0 Å². The first-order valence-corrected chi connectivity index (χ1v) is 6.35. The van der Waals surface area contributed by atoms with Gasteiger partial charge < -0.3 is 0 Å². The van der Waals surface area contributed by atoms with Crippen LogP contribution in [0.15, 0.2) is 31.7 Å². The molecule has 0 saturated carbocycles. The smallest absolute Gasteiger partial charge is 0.0486 e. The normalized spacial score (nSPS) is 14.4. The number of hydrogen-bond acceptors (Lipinski definition) is 2. The number of benzene rings is 1. The summed E-state index contributed by atoms with van der Waals surface area (Å²) in [6.45, 7) is 8.73. The summed E-state index contributed by atoms with van der Waals surface area (Å²) in [6.07, 6.45) is 0. The zero-order chi connectivity index (χ0) is 10.3. The Labute approximate surface area is 94.2 Å². The first kappa shape index (κ1) is 10.2. The summed E-state index contributed by atoms with van der Waals surface area (Å²) in [5, 5.41) is 0. The Balaban J connectivity index is 2.46. The molecule has 1 aromatic rings. The van der Waals surface area contributed by atoms with Gasteiger partial charge in [-0.2, -0.15) is 0 Å². The Morgan fingerprint density at radius 1 is 0.929 bits per heavy atom. The summed E-state index contributed by atoms with van der Waals surface area (Å²) >= 11 is 3.82. The van der Waals surface area contributed by atoms with Gasteiger partial charge in [0.1, 0.15) is 0 Å². The second-order valence-electron chi connectivity index (χ2n) is 3.87. The van der Waals surface area contributed by atoms with Gasteiger partial charge in [0.25, 0.3) is 0 Å². The summed E-state index contributed by atoms with van der Waals surface area (Å²) in [5.41, 5.74) is 4.21. The molecule has 1 aliphatic rings. The molecule has 14 heavy (non-hydrogen) atoms. The van der Waals surface area contributed by atoms with Crippen LogP contribution in [0.3, 0.4) is 0 Å². The zero-order valence-electron chi connectivity index (χ0n) is 8.97. The van der Waals surface area contributed by atoms with E-state index in [1.807, 2.05) is 23.5 Å². The first-order chi connectivity index (χ1) is 6.58. The molecule has 0 saturated heterocycles. The summed E-state index contributed by atoms with van der Waals surface area (Å²) in [7, 11) is 0. The molecule has 74 valence electrons. The number of hydrogen-bond donors (Lipinski definition) is 0. The maximum atomic E-state index is 2.30. The molecule has 0 radical (unpaired) electrons. The van der Waals surface area contributed by atoms with Crippen molar-refractivity contribution in [3.05, 3.63) is 33.1 Å². The van der Waals surface area contributed by atoms with Crippen LogP contribution in [-0.4, -0.2) is 0 Å². The van der Waals surface area contributed by atoms with Gasteiger partial charge in [-0.25, -0.2) is 0 Å². The molecule has 0 fully saturated rings. The maximum Gasteiger partial charge on any atom is 0.0486 e.